The minimum Gasteiger partial charge on any atom is -1.00 e. The van der Waals surface area contributed by atoms with Crippen LogP contribution in [0, 0.1) is 0 Å². The average molecular weight is 379 g/mol. The van der Waals surface area contributed by atoms with E-state index in [9.17, 15) is 13.2 Å². The maximum Gasteiger partial charge on any atom is 3.00 e. The summed E-state index contributed by atoms with van der Waals surface area (Å²) in [6.45, 7) is 0. The van der Waals surface area contributed by atoms with Crippen molar-refractivity contribution in [3.8, 4) is 11.9 Å². The molecule has 0 aromatic carbocycles. The molecule has 6 nitrogen and oxygen atoms in total. The summed E-state index contributed by atoms with van der Waals surface area (Å²) < 4.78 is 46.8. The molecule has 122 valence electrons. The van der Waals surface area contributed by atoms with Crippen LogP contribution in [0.2, 0.25) is 0 Å². The zero-order valence-corrected chi connectivity index (χ0v) is 13.5. The van der Waals surface area contributed by atoms with E-state index in [1.807, 2.05) is 0 Å². The zero-order chi connectivity index (χ0) is 13.3. The number of H-pyrrole nitrogens is 1. The van der Waals surface area contributed by atoms with Crippen LogP contribution in [0.3, 0.4) is 0 Å². The van der Waals surface area contributed by atoms with Crippen LogP contribution in [0.5, 0.6) is 11.9 Å². The van der Waals surface area contributed by atoms with E-state index >= 15 is 0 Å². The Labute approximate surface area is 144 Å². The summed E-state index contributed by atoms with van der Waals surface area (Å²) in [5.74, 6) is -0.00940. The number of aromatic nitrogens is 4. The molecule has 0 fully saturated rings. The Hall–Kier alpha value is -1.13. The van der Waals surface area contributed by atoms with Gasteiger partial charge < -0.3 is 46.7 Å². The first-order valence-corrected chi connectivity index (χ1v) is 4.84. The molecule has 0 saturated heterocycles. The molecule has 0 radical (unpaired) electrons. The molecule has 2 aromatic heterocycles. The van der Waals surface area contributed by atoms with Crippen LogP contribution in [0.4, 0.5) is 13.2 Å². The third-order valence-corrected chi connectivity index (χ3v) is 2.18. The molecule has 1 N–H and O–H groups in total. The summed E-state index contributed by atoms with van der Waals surface area (Å²) in [4.78, 5) is 7.67. The van der Waals surface area contributed by atoms with E-state index in [2.05, 4.69) is 20.2 Å². The van der Waals surface area contributed by atoms with E-state index in [0.717, 1.165) is 0 Å². The number of rotatable bonds is 3. The number of ether oxygens (including phenoxy) is 2. The normalized spacial score (nSPS) is 9.68. The molecule has 0 saturated carbocycles. The van der Waals surface area contributed by atoms with Crippen LogP contribution >= 0.6 is 0 Å². The first-order valence-electron chi connectivity index (χ1n) is 4.84. The number of nitrogens with zero attached hydrogens (tertiary/aromatic N) is 3. The van der Waals surface area contributed by atoms with Gasteiger partial charge in [-0.15, -0.1) is 0 Å². The number of alkyl halides is 3. The van der Waals surface area contributed by atoms with Gasteiger partial charge in [0, 0.05) is 0 Å². The van der Waals surface area contributed by atoms with E-state index in [1.54, 1.807) is 0 Å². The van der Waals surface area contributed by atoms with Gasteiger partial charge in [0.15, 0.2) is 5.65 Å². The molecule has 2 heterocycles. The Balaban J connectivity index is -0.000000902. The second-order valence-corrected chi connectivity index (χ2v) is 3.41. The van der Waals surface area contributed by atoms with E-state index in [-0.39, 0.29) is 74.3 Å². The molecule has 0 atom stereocenters. The quantitative estimate of drug-likeness (QED) is 0.537. The van der Waals surface area contributed by atoms with Crippen molar-refractivity contribution < 1.29 is 59.9 Å². The molecule has 0 aliphatic heterocycles. The van der Waals surface area contributed by atoms with Crippen molar-refractivity contribution in [2.45, 2.75) is 12.6 Å². The number of hydrogen-bond donors (Lipinski definition) is 1. The molecule has 0 spiro atoms. The topological polar surface area (TPSA) is 72.9 Å². The SMILES string of the molecule is COc1nc(OC)c2c(CC(F)(F)F)n[nH]c2n1.[B+3].[Cl-].[Cl-].[Cl-]. The van der Waals surface area contributed by atoms with Crippen molar-refractivity contribution in [1.29, 1.82) is 0 Å². The third kappa shape index (κ3) is 5.58. The molecule has 0 bridgehead atoms. The van der Waals surface area contributed by atoms with Gasteiger partial charge in [0.2, 0.25) is 5.88 Å². The van der Waals surface area contributed by atoms with Gasteiger partial charge in [0.05, 0.1) is 26.3 Å². The van der Waals surface area contributed by atoms with Gasteiger partial charge in [-0.3, -0.25) is 5.10 Å². The number of aromatic amines is 1. The second-order valence-electron chi connectivity index (χ2n) is 3.41. The van der Waals surface area contributed by atoms with Crippen molar-refractivity contribution in [1.82, 2.24) is 20.2 Å². The summed E-state index contributed by atoms with van der Waals surface area (Å²) in [6, 6.07) is -0.0124. The van der Waals surface area contributed by atoms with E-state index < -0.39 is 12.6 Å². The van der Waals surface area contributed by atoms with E-state index in [1.165, 1.54) is 14.2 Å². The Bertz CT molecular complexity index is 585. The van der Waals surface area contributed by atoms with Crippen molar-refractivity contribution in [3.05, 3.63) is 5.69 Å². The van der Waals surface area contributed by atoms with E-state index in [4.69, 9.17) is 9.47 Å². The van der Waals surface area contributed by atoms with Gasteiger partial charge in [0.1, 0.15) is 5.39 Å². The molecule has 0 amide bonds. The Morgan fingerprint density at radius 3 is 2.09 bits per heavy atom. The van der Waals surface area contributed by atoms with Gasteiger partial charge in [0.25, 0.3) is 0 Å². The largest absolute Gasteiger partial charge is 3.00 e. The van der Waals surface area contributed by atoms with Crippen LogP contribution in [-0.4, -0.2) is 49.0 Å². The fraction of sp³-hybridized carbons (Fsp3) is 0.444. The van der Waals surface area contributed by atoms with Crippen LogP contribution < -0.4 is 46.7 Å². The summed E-state index contributed by atoms with van der Waals surface area (Å²) >= 11 is 0. The molecular weight excluding hydrogens is 370 g/mol. The molecule has 13 heteroatoms. The molecule has 0 unspecified atom stereocenters. The monoisotopic (exact) mass is 378 g/mol. The number of halogens is 6. The van der Waals surface area contributed by atoms with Crippen LogP contribution in [0.15, 0.2) is 0 Å². The minimum atomic E-state index is -4.37. The fourth-order valence-corrected chi connectivity index (χ4v) is 1.49. The van der Waals surface area contributed by atoms with E-state index in [0.29, 0.717) is 0 Å². The standard InChI is InChI=1S/C9H9F3N4O2.B.3ClH/c1-17-7-5-4(3-9(10,11)12)15-16-6(5)13-8(14-7)18-2;;;;/h3H2,1-2H3,(H,13,14,15,16);;3*1H/q;+3;;;/p-3. The molecular formula is C9H9BCl3F3N4O2. The van der Waals surface area contributed by atoms with Crippen molar-refractivity contribution >= 4 is 19.4 Å². The summed E-state index contributed by atoms with van der Waals surface area (Å²) in [6.07, 6.45) is -5.55. The fourth-order valence-electron chi connectivity index (χ4n) is 1.49. The van der Waals surface area contributed by atoms with Gasteiger partial charge in [-0.25, -0.2) is 0 Å². The van der Waals surface area contributed by atoms with Crippen LogP contribution in [0.25, 0.3) is 11.0 Å². The molecule has 0 aliphatic rings. The molecule has 2 aromatic rings. The first kappa shape index (κ1) is 25.8. The summed E-state index contributed by atoms with van der Waals surface area (Å²) in [5, 5.41) is 6.09. The molecule has 22 heavy (non-hydrogen) atoms. The maximum atomic E-state index is 12.4. The van der Waals surface area contributed by atoms with Crippen LogP contribution in [-0.2, 0) is 6.42 Å². The van der Waals surface area contributed by atoms with Gasteiger partial charge >= 0.3 is 20.6 Å². The number of methoxy groups -OCH3 is 2. The maximum absolute atomic E-state index is 12.4. The predicted molar refractivity (Wildman–Crippen MR) is 60.3 cm³/mol. The van der Waals surface area contributed by atoms with Gasteiger partial charge in [-0.2, -0.15) is 28.2 Å². The van der Waals surface area contributed by atoms with Crippen molar-refractivity contribution in [2.24, 2.45) is 0 Å². The Morgan fingerprint density at radius 1 is 1.05 bits per heavy atom. The zero-order valence-electron chi connectivity index (χ0n) is 11.2. The van der Waals surface area contributed by atoms with Gasteiger partial charge in [-0.05, 0) is 0 Å². The molecule has 0 aliphatic carbocycles. The predicted octanol–water partition coefficient (Wildman–Crippen LogP) is -7.89. The average Bonchev–Trinajstić information content (AvgIpc) is 2.69. The number of fused-ring (bicyclic) bond motifs is 1. The summed E-state index contributed by atoms with van der Waals surface area (Å²) in [5.41, 5.74) is -0.0741. The molecule has 2 rings (SSSR count). The van der Waals surface area contributed by atoms with Crippen molar-refractivity contribution in [2.75, 3.05) is 14.2 Å². The number of nitrogens with one attached hydrogen (secondary N) is 1. The van der Waals surface area contributed by atoms with Gasteiger partial charge in [-0.1, -0.05) is 0 Å². The Morgan fingerprint density at radius 2 is 1.64 bits per heavy atom. The second kappa shape index (κ2) is 9.80. The number of hydrogen-bond acceptors (Lipinski definition) is 5. The Kier molecular flexibility index (Phi) is 11.5. The summed E-state index contributed by atoms with van der Waals surface area (Å²) in [7, 11) is 2.64. The van der Waals surface area contributed by atoms with Crippen LogP contribution in [0.1, 0.15) is 5.69 Å². The smallest absolute Gasteiger partial charge is 1.00 e. The minimum absolute atomic E-state index is 0. The first-order chi connectivity index (χ1) is 8.44. The van der Waals surface area contributed by atoms with Crippen molar-refractivity contribution in [3.63, 3.8) is 0 Å². The third-order valence-electron chi connectivity index (χ3n) is 2.18.